The summed E-state index contributed by atoms with van der Waals surface area (Å²) in [5.41, 5.74) is 4.70. The summed E-state index contributed by atoms with van der Waals surface area (Å²) in [5.74, 6) is 0.768. The molecule has 0 bridgehead atoms. The molecular formula is C23H21N5OS. The molecule has 2 heterocycles. The van der Waals surface area contributed by atoms with Crippen molar-refractivity contribution in [2.45, 2.75) is 19.0 Å². The molecule has 30 heavy (non-hydrogen) atoms. The Morgan fingerprint density at radius 2 is 1.80 bits per heavy atom. The summed E-state index contributed by atoms with van der Waals surface area (Å²) < 4.78 is 1.94. The van der Waals surface area contributed by atoms with Gasteiger partial charge in [-0.2, -0.15) is 0 Å². The number of rotatable bonds is 6. The van der Waals surface area contributed by atoms with Crippen LogP contribution in [0.2, 0.25) is 0 Å². The molecule has 1 amide bonds. The second-order valence-corrected chi connectivity index (χ2v) is 7.84. The number of nitrogens with one attached hydrogen (secondary N) is 1. The zero-order chi connectivity index (χ0) is 20.9. The van der Waals surface area contributed by atoms with Crippen LogP contribution in [0, 0.1) is 13.8 Å². The number of pyridine rings is 1. The van der Waals surface area contributed by atoms with E-state index >= 15 is 0 Å². The first kappa shape index (κ1) is 19.8. The van der Waals surface area contributed by atoms with Crippen LogP contribution in [0.3, 0.4) is 0 Å². The fourth-order valence-corrected chi connectivity index (χ4v) is 3.75. The summed E-state index contributed by atoms with van der Waals surface area (Å²) >= 11 is 1.34. The zero-order valence-electron chi connectivity index (χ0n) is 16.7. The van der Waals surface area contributed by atoms with Gasteiger partial charge in [0, 0.05) is 17.6 Å². The predicted octanol–water partition coefficient (Wildman–Crippen LogP) is 4.68. The Kier molecular flexibility index (Phi) is 5.90. The molecular weight excluding hydrogens is 394 g/mol. The van der Waals surface area contributed by atoms with Crippen molar-refractivity contribution in [1.82, 2.24) is 19.7 Å². The van der Waals surface area contributed by atoms with E-state index in [4.69, 9.17) is 0 Å². The van der Waals surface area contributed by atoms with Gasteiger partial charge in [-0.25, -0.2) is 0 Å². The van der Waals surface area contributed by atoms with Crippen LogP contribution < -0.4 is 5.32 Å². The monoisotopic (exact) mass is 415 g/mol. The third-order valence-electron chi connectivity index (χ3n) is 4.45. The minimum Gasteiger partial charge on any atom is -0.325 e. The molecule has 0 aliphatic heterocycles. The fraction of sp³-hybridized carbons (Fsp3) is 0.130. The van der Waals surface area contributed by atoms with Crippen molar-refractivity contribution in [1.29, 1.82) is 0 Å². The van der Waals surface area contributed by atoms with E-state index in [1.807, 2.05) is 85.1 Å². The molecule has 0 fully saturated rings. The molecule has 0 aliphatic carbocycles. The molecule has 0 spiro atoms. The number of hydrogen-bond acceptors (Lipinski definition) is 5. The Morgan fingerprint density at radius 1 is 0.967 bits per heavy atom. The summed E-state index contributed by atoms with van der Waals surface area (Å²) in [6, 6.07) is 21.5. The van der Waals surface area contributed by atoms with Gasteiger partial charge in [-0.1, -0.05) is 47.7 Å². The van der Waals surface area contributed by atoms with Crippen LogP contribution in [0.5, 0.6) is 0 Å². The molecule has 0 atom stereocenters. The lowest BCUT2D eigenvalue weighted by Crippen LogP contribution is -2.14. The highest BCUT2D eigenvalue weighted by Gasteiger charge is 2.18. The summed E-state index contributed by atoms with van der Waals surface area (Å²) in [5, 5.41) is 12.3. The maximum atomic E-state index is 12.5. The van der Waals surface area contributed by atoms with Crippen molar-refractivity contribution in [3.8, 4) is 17.2 Å². The number of aromatic nitrogens is 4. The molecule has 7 heteroatoms. The van der Waals surface area contributed by atoms with E-state index in [1.54, 1.807) is 6.20 Å². The number of benzene rings is 2. The Balaban J connectivity index is 1.59. The van der Waals surface area contributed by atoms with E-state index in [0.717, 1.165) is 28.2 Å². The molecule has 4 aromatic rings. The topological polar surface area (TPSA) is 72.7 Å². The predicted molar refractivity (Wildman–Crippen MR) is 120 cm³/mol. The average molecular weight is 416 g/mol. The van der Waals surface area contributed by atoms with Crippen LogP contribution in [-0.4, -0.2) is 31.4 Å². The SMILES string of the molecule is Cc1ccc(-n2c(SCC(=O)Nc3cccc(C)c3)nnc2-c2ccccn2)cc1. The molecule has 150 valence electrons. The van der Waals surface area contributed by atoms with Gasteiger partial charge in [0.2, 0.25) is 5.91 Å². The standard InChI is InChI=1S/C23H21N5OS/c1-16-9-11-19(12-10-16)28-22(20-8-3-4-13-24-20)26-27-23(28)30-15-21(29)25-18-7-5-6-17(2)14-18/h3-14H,15H2,1-2H3,(H,25,29). The van der Waals surface area contributed by atoms with Crippen molar-refractivity contribution in [2.24, 2.45) is 0 Å². The molecule has 1 N–H and O–H groups in total. The minimum absolute atomic E-state index is 0.0940. The zero-order valence-corrected chi connectivity index (χ0v) is 17.6. The largest absolute Gasteiger partial charge is 0.325 e. The molecule has 2 aromatic carbocycles. The number of aryl methyl sites for hydroxylation is 2. The van der Waals surface area contributed by atoms with Crippen molar-refractivity contribution in [3.63, 3.8) is 0 Å². The Bertz CT molecular complexity index is 1160. The van der Waals surface area contributed by atoms with Crippen molar-refractivity contribution >= 4 is 23.4 Å². The lowest BCUT2D eigenvalue weighted by Gasteiger charge is -2.10. The van der Waals surface area contributed by atoms with Crippen LogP contribution in [0.4, 0.5) is 5.69 Å². The number of carbonyl (C=O) groups is 1. The molecule has 4 rings (SSSR count). The first-order valence-electron chi connectivity index (χ1n) is 9.53. The van der Waals surface area contributed by atoms with Gasteiger partial charge in [0.1, 0.15) is 5.69 Å². The van der Waals surface area contributed by atoms with E-state index in [9.17, 15) is 4.79 Å². The maximum absolute atomic E-state index is 12.5. The molecule has 0 saturated heterocycles. The van der Waals surface area contributed by atoms with Crippen LogP contribution in [-0.2, 0) is 4.79 Å². The van der Waals surface area contributed by atoms with E-state index in [2.05, 4.69) is 20.5 Å². The van der Waals surface area contributed by atoms with Gasteiger partial charge in [0.15, 0.2) is 11.0 Å². The summed E-state index contributed by atoms with van der Waals surface area (Å²) in [4.78, 5) is 16.9. The third kappa shape index (κ3) is 4.58. The molecule has 2 aromatic heterocycles. The third-order valence-corrected chi connectivity index (χ3v) is 5.38. The van der Waals surface area contributed by atoms with Crippen LogP contribution >= 0.6 is 11.8 Å². The quantitative estimate of drug-likeness (QED) is 0.463. The first-order valence-corrected chi connectivity index (χ1v) is 10.5. The van der Waals surface area contributed by atoms with Gasteiger partial charge >= 0.3 is 0 Å². The van der Waals surface area contributed by atoms with E-state index in [0.29, 0.717) is 11.0 Å². The Morgan fingerprint density at radius 3 is 2.53 bits per heavy atom. The second kappa shape index (κ2) is 8.92. The van der Waals surface area contributed by atoms with Gasteiger partial charge in [-0.15, -0.1) is 10.2 Å². The highest BCUT2D eigenvalue weighted by atomic mass is 32.2. The van der Waals surface area contributed by atoms with Gasteiger partial charge in [-0.3, -0.25) is 14.3 Å². The molecule has 6 nitrogen and oxygen atoms in total. The summed E-state index contributed by atoms with van der Waals surface area (Å²) in [6.45, 7) is 4.04. The number of amides is 1. The summed E-state index contributed by atoms with van der Waals surface area (Å²) in [6.07, 6.45) is 1.73. The second-order valence-electron chi connectivity index (χ2n) is 6.90. The highest BCUT2D eigenvalue weighted by Crippen LogP contribution is 2.27. The summed E-state index contributed by atoms with van der Waals surface area (Å²) in [7, 11) is 0. The number of carbonyl (C=O) groups excluding carboxylic acids is 1. The lowest BCUT2D eigenvalue weighted by atomic mass is 10.2. The molecule has 0 aliphatic rings. The van der Waals surface area contributed by atoms with Gasteiger partial charge < -0.3 is 5.32 Å². The van der Waals surface area contributed by atoms with Gasteiger partial charge in [0.25, 0.3) is 0 Å². The fourth-order valence-electron chi connectivity index (χ4n) is 3.00. The van der Waals surface area contributed by atoms with Crippen molar-refractivity contribution in [2.75, 3.05) is 11.1 Å². The average Bonchev–Trinajstić information content (AvgIpc) is 3.17. The normalized spacial score (nSPS) is 10.7. The van der Waals surface area contributed by atoms with Crippen molar-refractivity contribution < 1.29 is 4.79 Å². The van der Waals surface area contributed by atoms with E-state index in [-0.39, 0.29) is 11.7 Å². The molecule has 0 radical (unpaired) electrons. The number of nitrogens with zero attached hydrogens (tertiary/aromatic N) is 4. The Labute approximate surface area is 179 Å². The molecule has 0 saturated carbocycles. The minimum atomic E-state index is -0.0940. The molecule has 0 unspecified atom stereocenters. The number of hydrogen-bond donors (Lipinski definition) is 1. The highest BCUT2D eigenvalue weighted by molar-refractivity contribution is 7.99. The maximum Gasteiger partial charge on any atom is 0.234 e. The van der Waals surface area contributed by atoms with Crippen LogP contribution in [0.1, 0.15) is 11.1 Å². The van der Waals surface area contributed by atoms with Crippen molar-refractivity contribution in [3.05, 3.63) is 84.1 Å². The number of thioether (sulfide) groups is 1. The van der Waals surface area contributed by atoms with E-state index < -0.39 is 0 Å². The Hall–Kier alpha value is -3.45. The lowest BCUT2D eigenvalue weighted by molar-refractivity contribution is -0.113. The van der Waals surface area contributed by atoms with E-state index in [1.165, 1.54) is 11.8 Å². The van der Waals surface area contributed by atoms with Gasteiger partial charge in [0.05, 0.1) is 5.75 Å². The number of anilines is 1. The van der Waals surface area contributed by atoms with Crippen LogP contribution in [0.15, 0.2) is 78.1 Å². The van der Waals surface area contributed by atoms with Crippen LogP contribution in [0.25, 0.3) is 17.2 Å². The first-order chi connectivity index (χ1) is 14.6. The van der Waals surface area contributed by atoms with Gasteiger partial charge in [-0.05, 0) is 55.8 Å². The smallest absolute Gasteiger partial charge is 0.234 e.